The molecule has 0 aliphatic rings. The molecule has 150 valence electrons. The number of hydrogen-bond acceptors (Lipinski definition) is 2. The second kappa shape index (κ2) is 9.18. The zero-order valence-corrected chi connectivity index (χ0v) is 18.5. The summed E-state index contributed by atoms with van der Waals surface area (Å²) in [6.45, 7) is 1.97. The van der Waals surface area contributed by atoms with E-state index in [0.29, 0.717) is 5.56 Å². The number of carbonyl (C=O) groups excluding carboxylic acids is 1. The van der Waals surface area contributed by atoms with Gasteiger partial charge in [0.1, 0.15) is 6.17 Å². The van der Waals surface area contributed by atoms with Gasteiger partial charge >= 0.3 is 0 Å². The van der Waals surface area contributed by atoms with Crippen LogP contribution in [0.5, 0.6) is 0 Å². The van der Waals surface area contributed by atoms with E-state index < -0.39 is 9.96 Å². The van der Waals surface area contributed by atoms with E-state index in [2.05, 4.69) is 16.0 Å². The van der Waals surface area contributed by atoms with E-state index in [1.165, 1.54) is 0 Å². The van der Waals surface area contributed by atoms with E-state index in [0.717, 1.165) is 22.0 Å². The highest BCUT2D eigenvalue weighted by atomic mass is 35.6. The van der Waals surface area contributed by atoms with Gasteiger partial charge in [0.25, 0.3) is 5.91 Å². The van der Waals surface area contributed by atoms with Gasteiger partial charge in [0.2, 0.25) is 3.79 Å². The van der Waals surface area contributed by atoms with E-state index in [1.54, 1.807) is 12.1 Å². The monoisotopic (exact) mass is 465 g/mol. The number of carbonyl (C=O) groups is 1. The van der Waals surface area contributed by atoms with E-state index in [9.17, 15) is 4.79 Å². The fraction of sp³-hybridized carbons (Fsp3) is 0.143. The number of alkyl halides is 3. The van der Waals surface area contributed by atoms with Gasteiger partial charge in [-0.05, 0) is 53.7 Å². The highest BCUT2D eigenvalue weighted by Crippen LogP contribution is 2.30. The molecule has 0 heterocycles. The van der Waals surface area contributed by atoms with Gasteiger partial charge in [0.15, 0.2) is 5.11 Å². The first-order valence-electron chi connectivity index (χ1n) is 8.73. The highest BCUT2D eigenvalue weighted by Gasteiger charge is 2.35. The van der Waals surface area contributed by atoms with Gasteiger partial charge in [-0.15, -0.1) is 0 Å². The third-order valence-electron chi connectivity index (χ3n) is 4.19. The van der Waals surface area contributed by atoms with Crippen molar-refractivity contribution in [3.63, 3.8) is 0 Å². The van der Waals surface area contributed by atoms with Crippen LogP contribution in [0, 0.1) is 6.92 Å². The maximum Gasteiger partial charge on any atom is 0.253 e. The van der Waals surface area contributed by atoms with Crippen LogP contribution < -0.4 is 16.0 Å². The Bertz CT molecular complexity index is 1050. The van der Waals surface area contributed by atoms with E-state index in [-0.39, 0.29) is 11.0 Å². The van der Waals surface area contributed by atoms with Gasteiger partial charge in [0, 0.05) is 11.3 Å². The van der Waals surface area contributed by atoms with Crippen LogP contribution in [0.25, 0.3) is 10.8 Å². The first-order chi connectivity index (χ1) is 13.7. The Morgan fingerprint density at radius 2 is 1.66 bits per heavy atom. The molecule has 29 heavy (non-hydrogen) atoms. The van der Waals surface area contributed by atoms with Crippen LogP contribution in [0.2, 0.25) is 0 Å². The minimum absolute atomic E-state index is 0.213. The first-order valence-corrected chi connectivity index (χ1v) is 10.3. The molecule has 0 saturated carbocycles. The SMILES string of the molecule is Cc1cccc(NC(=S)N[C@@H](NC(=O)c2cccc3ccccc23)C(Cl)(Cl)Cl)c1. The quantitative estimate of drug-likeness (QED) is 0.268. The largest absolute Gasteiger partial charge is 0.339 e. The lowest BCUT2D eigenvalue weighted by Gasteiger charge is -2.28. The summed E-state index contributed by atoms with van der Waals surface area (Å²) in [5.74, 6) is -0.385. The van der Waals surface area contributed by atoms with Gasteiger partial charge in [-0.1, -0.05) is 83.3 Å². The minimum Gasteiger partial charge on any atom is -0.339 e. The van der Waals surface area contributed by atoms with Crippen LogP contribution >= 0.6 is 47.0 Å². The molecule has 0 radical (unpaired) electrons. The lowest BCUT2D eigenvalue weighted by molar-refractivity contribution is 0.0936. The van der Waals surface area contributed by atoms with Crippen LogP contribution in [-0.2, 0) is 0 Å². The molecule has 0 spiro atoms. The molecule has 8 heteroatoms. The number of benzene rings is 3. The average molecular weight is 467 g/mol. The van der Waals surface area contributed by atoms with Crippen LogP contribution in [0.3, 0.4) is 0 Å². The van der Waals surface area contributed by atoms with Crippen LogP contribution in [0.15, 0.2) is 66.7 Å². The van der Waals surface area contributed by atoms with Crippen LogP contribution in [0.4, 0.5) is 5.69 Å². The number of amides is 1. The summed E-state index contributed by atoms with van der Waals surface area (Å²) in [7, 11) is 0. The summed E-state index contributed by atoms with van der Waals surface area (Å²) in [6.07, 6.45) is -1.05. The van der Waals surface area contributed by atoms with Crippen LogP contribution in [-0.4, -0.2) is 21.0 Å². The summed E-state index contributed by atoms with van der Waals surface area (Å²) < 4.78 is -1.83. The molecule has 0 unspecified atom stereocenters. The molecule has 3 rings (SSSR count). The van der Waals surface area contributed by atoms with Gasteiger partial charge in [-0.25, -0.2) is 0 Å². The Kier molecular flexibility index (Phi) is 6.85. The number of halogens is 3. The van der Waals surface area contributed by atoms with Gasteiger partial charge in [-0.2, -0.15) is 0 Å². The maximum atomic E-state index is 12.9. The highest BCUT2D eigenvalue weighted by molar-refractivity contribution is 7.80. The molecule has 0 aliphatic heterocycles. The van der Waals surface area contributed by atoms with Crippen molar-refractivity contribution in [3.8, 4) is 0 Å². The molecule has 1 atom stereocenters. The number of nitrogens with one attached hydrogen (secondary N) is 3. The Hall–Kier alpha value is -2.05. The Morgan fingerprint density at radius 3 is 2.38 bits per heavy atom. The molecule has 1 amide bonds. The molecule has 0 saturated heterocycles. The lowest BCUT2D eigenvalue weighted by atomic mass is 10.0. The van der Waals surface area contributed by atoms with Crippen molar-refractivity contribution in [1.82, 2.24) is 10.6 Å². The number of anilines is 1. The third kappa shape index (κ3) is 5.73. The summed E-state index contributed by atoms with van der Waals surface area (Å²) in [5.41, 5.74) is 2.33. The van der Waals surface area contributed by atoms with Gasteiger partial charge in [-0.3, -0.25) is 4.79 Å². The van der Waals surface area contributed by atoms with Crippen molar-refractivity contribution in [3.05, 3.63) is 77.9 Å². The van der Waals surface area contributed by atoms with Crippen molar-refractivity contribution in [2.75, 3.05) is 5.32 Å². The predicted molar refractivity (Wildman–Crippen MR) is 126 cm³/mol. The lowest BCUT2D eigenvalue weighted by Crippen LogP contribution is -2.56. The van der Waals surface area contributed by atoms with E-state index in [4.69, 9.17) is 47.0 Å². The van der Waals surface area contributed by atoms with Gasteiger partial charge < -0.3 is 16.0 Å². The summed E-state index contributed by atoms with van der Waals surface area (Å²) in [6, 6.07) is 20.7. The molecule has 3 N–H and O–H groups in total. The second-order valence-electron chi connectivity index (χ2n) is 6.44. The number of rotatable bonds is 4. The summed E-state index contributed by atoms with van der Waals surface area (Å²) >= 11 is 23.6. The Balaban J connectivity index is 1.77. The molecule has 0 fully saturated rings. The molecule has 0 aromatic heterocycles. The zero-order valence-electron chi connectivity index (χ0n) is 15.4. The van der Waals surface area contributed by atoms with Crippen molar-refractivity contribution in [1.29, 1.82) is 0 Å². The average Bonchev–Trinajstić information content (AvgIpc) is 2.66. The normalized spacial score (nSPS) is 12.3. The van der Waals surface area contributed by atoms with E-state index in [1.807, 2.05) is 61.5 Å². The first kappa shape index (κ1) is 21.7. The van der Waals surface area contributed by atoms with E-state index >= 15 is 0 Å². The summed E-state index contributed by atoms with van der Waals surface area (Å²) in [4.78, 5) is 12.9. The Labute approximate surface area is 189 Å². The zero-order chi connectivity index (χ0) is 21.0. The Morgan fingerprint density at radius 1 is 0.966 bits per heavy atom. The number of fused-ring (bicyclic) bond motifs is 1. The molecular weight excluding hydrogens is 449 g/mol. The topological polar surface area (TPSA) is 53.2 Å². The molecular formula is C21H18Cl3N3OS. The molecule has 3 aromatic carbocycles. The predicted octanol–water partition coefficient (Wildman–Crippen LogP) is 5.56. The van der Waals surface area contributed by atoms with Crippen molar-refractivity contribution >= 4 is 74.5 Å². The summed E-state index contributed by atoms with van der Waals surface area (Å²) in [5, 5.41) is 10.6. The van der Waals surface area contributed by atoms with Crippen molar-refractivity contribution in [2.24, 2.45) is 0 Å². The fourth-order valence-electron chi connectivity index (χ4n) is 2.85. The smallest absolute Gasteiger partial charge is 0.253 e. The van der Waals surface area contributed by atoms with Crippen molar-refractivity contribution < 1.29 is 4.79 Å². The third-order valence-corrected chi connectivity index (χ3v) is 5.06. The minimum atomic E-state index is -1.83. The number of aryl methyl sites for hydroxylation is 1. The number of thiocarbonyl (C=S) groups is 1. The fourth-order valence-corrected chi connectivity index (χ4v) is 3.42. The second-order valence-corrected chi connectivity index (χ2v) is 9.22. The molecule has 4 nitrogen and oxygen atoms in total. The van der Waals surface area contributed by atoms with Gasteiger partial charge in [0.05, 0.1) is 0 Å². The standard InChI is InChI=1S/C21H18Cl3N3OS/c1-13-6-4-9-15(12-13)25-20(29)27-19(21(22,23)24)26-18(28)17-11-5-8-14-7-2-3-10-16(14)17/h2-12,19H,1H3,(H,26,28)(H2,25,27,29)/t19-/m1/s1. The molecule has 0 aliphatic carbocycles. The molecule has 3 aromatic rings. The number of hydrogen-bond donors (Lipinski definition) is 3. The molecule has 0 bridgehead atoms. The van der Waals surface area contributed by atoms with Crippen molar-refractivity contribution in [2.45, 2.75) is 16.9 Å². The van der Waals surface area contributed by atoms with Crippen LogP contribution in [0.1, 0.15) is 15.9 Å². The maximum absolute atomic E-state index is 12.9.